The van der Waals surface area contributed by atoms with Crippen LogP contribution in [0.3, 0.4) is 0 Å². The van der Waals surface area contributed by atoms with Crippen molar-refractivity contribution in [3.8, 4) is 0 Å². The Hall–Kier alpha value is -1.30. The van der Waals surface area contributed by atoms with Gasteiger partial charge in [-0.15, -0.1) is 0 Å². The molecule has 17 heavy (non-hydrogen) atoms. The van der Waals surface area contributed by atoms with Crippen molar-refractivity contribution in [2.24, 2.45) is 5.41 Å². The summed E-state index contributed by atoms with van der Waals surface area (Å²) in [5.74, 6) is -0.803. The van der Waals surface area contributed by atoms with E-state index in [1.54, 1.807) is 14.1 Å². The van der Waals surface area contributed by atoms with Crippen LogP contribution in [0, 0.1) is 5.41 Å². The van der Waals surface area contributed by atoms with E-state index in [4.69, 9.17) is 0 Å². The predicted molar refractivity (Wildman–Crippen MR) is 63.4 cm³/mol. The summed E-state index contributed by atoms with van der Waals surface area (Å²) in [4.78, 5) is 22.7. The number of rotatable bonds is 4. The number of carbonyl (C=O) groups excluding carboxylic acids is 1. The number of urea groups is 1. The lowest BCUT2D eigenvalue weighted by atomic mass is 9.74. The molecular formula is C11H21N3O3. The third-order valence-electron chi connectivity index (χ3n) is 3.18. The van der Waals surface area contributed by atoms with E-state index in [9.17, 15) is 14.7 Å². The molecule has 1 aliphatic carbocycles. The van der Waals surface area contributed by atoms with E-state index in [2.05, 4.69) is 10.7 Å². The molecule has 3 N–H and O–H groups in total. The Balaban J connectivity index is 2.50. The van der Waals surface area contributed by atoms with Crippen molar-refractivity contribution in [3.63, 3.8) is 0 Å². The van der Waals surface area contributed by atoms with Crippen molar-refractivity contribution < 1.29 is 14.7 Å². The van der Waals surface area contributed by atoms with Gasteiger partial charge in [-0.1, -0.05) is 19.3 Å². The molecule has 1 rings (SSSR count). The molecule has 0 saturated heterocycles. The summed E-state index contributed by atoms with van der Waals surface area (Å²) in [5, 5.41) is 13.5. The first-order chi connectivity index (χ1) is 7.96. The smallest absolute Gasteiger partial charge is 0.329 e. The van der Waals surface area contributed by atoms with Crippen LogP contribution in [0.2, 0.25) is 0 Å². The third kappa shape index (κ3) is 3.89. The molecule has 0 spiro atoms. The van der Waals surface area contributed by atoms with Crippen molar-refractivity contribution in [1.29, 1.82) is 0 Å². The maximum Gasteiger partial charge on any atom is 0.329 e. The van der Waals surface area contributed by atoms with Crippen molar-refractivity contribution in [2.75, 3.05) is 20.6 Å². The zero-order valence-electron chi connectivity index (χ0n) is 10.5. The van der Waals surface area contributed by atoms with Gasteiger partial charge < -0.3 is 10.4 Å². The number of carboxylic acids is 1. The van der Waals surface area contributed by atoms with Crippen molar-refractivity contribution in [2.45, 2.75) is 32.1 Å². The molecule has 98 valence electrons. The lowest BCUT2D eigenvalue weighted by Crippen LogP contribution is -2.49. The molecule has 1 fully saturated rings. The van der Waals surface area contributed by atoms with Gasteiger partial charge in [-0.3, -0.25) is 10.2 Å². The summed E-state index contributed by atoms with van der Waals surface area (Å²) in [6.45, 7) is 0.196. The number of carbonyl (C=O) groups is 2. The molecule has 0 aromatic carbocycles. The Morgan fingerprint density at radius 3 is 2.29 bits per heavy atom. The van der Waals surface area contributed by atoms with Crippen LogP contribution in [0.15, 0.2) is 0 Å². The van der Waals surface area contributed by atoms with Crippen LogP contribution in [-0.2, 0) is 4.79 Å². The highest BCUT2D eigenvalue weighted by atomic mass is 16.4. The largest absolute Gasteiger partial charge is 0.481 e. The number of amides is 2. The lowest BCUT2D eigenvalue weighted by molar-refractivity contribution is -0.150. The Morgan fingerprint density at radius 2 is 1.82 bits per heavy atom. The summed E-state index contributed by atoms with van der Waals surface area (Å²) >= 11 is 0. The minimum atomic E-state index is -0.803. The first kappa shape index (κ1) is 13.8. The zero-order valence-corrected chi connectivity index (χ0v) is 10.5. The van der Waals surface area contributed by atoms with Crippen molar-refractivity contribution >= 4 is 12.0 Å². The van der Waals surface area contributed by atoms with Crippen LogP contribution < -0.4 is 10.7 Å². The van der Waals surface area contributed by atoms with Crippen molar-refractivity contribution in [1.82, 2.24) is 15.8 Å². The van der Waals surface area contributed by atoms with E-state index in [0.717, 1.165) is 19.3 Å². The molecule has 0 unspecified atom stereocenters. The van der Waals surface area contributed by atoms with Gasteiger partial charge in [-0.2, -0.15) is 0 Å². The van der Waals surface area contributed by atoms with Gasteiger partial charge in [0.05, 0.1) is 5.41 Å². The van der Waals surface area contributed by atoms with Gasteiger partial charge in [0.1, 0.15) is 0 Å². The molecule has 0 heterocycles. The molecule has 1 aliphatic rings. The van der Waals surface area contributed by atoms with E-state index in [1.807, 2.05) is 0 Å². The molecule has 6 heteroatoms. The minimum Gasteiger partial charge on any atom is -0.481 e. The Bertz CT molecular complexity index is 286. The number of hydrogen-bond donors (Lipinski definition) is 3. The summed E-state index contributed by atoms with van der Waals surface area (Å²) < 4.78 is 0. The maximum atomic E-state index is 11.4. The van der Waals surface area contributed by atoms with Gasteiger partial charge in [0, 0.05) is 20.6 Å². The third-order valence-corrected chi connectivity index (χ3v) is 3.18. The standard InChI is InChI=1S/C11H21N3O3/c1-14(2)13-10(17)12-8-11(9(15)16)6-4-3-5-7-11/h3-8H2,1-2H3,(H,15,16)(H2,12,13,17). The highest BCUT2D eigenvalue weighted by Crippen LogP contribution is 2.35. The van der Waals surface area contributed by atoms with E-state index >= 15 is 0 Å². The van der Waals surface area contributed by atoms with Crippen LogP contribution >= 0.6 is 0 Å². The number of aliphatic carboxylic acids is 1. The van der Waals surface area contributed by atoms with Crippen LogP contribution in [0.25, 0.3) is 0 Å². The zero-order chi connectivity index (χ0) is 12.9. The first-order valence-electron chi connectivity index (χ1n) is 5.91. The topological polar surface area (TPSA) is 81.7 Å². The normalized spacial score (nSPS) is 18.8. The lowest BCUT2D eigenvalue weighted by Gasteiger charge is -2.33. The van der Waals surface area contributed by atoms with Crippen LogP contribution in [0.1, 0.15) is 32.1 Å². The second-order valence-corrected chi connectivity index (χ2v) is 4.84. The molecule has 1 saturated carbocycles. The summed E-state index contributed by atoms with van der Waals surface area (Å²) in [6, 6.07) is -0.360. The molecule has 6 nitrogen and oxygen atoms in total. The molecule has 0 aromatic rings. The molecule has 0 aliphatic heterocycles. The monoisotopic (exact) mass is 243 g/mol. The summed E-state index contributed by atoms with van der Waals surface area (Å²) in [5.41, 5.74) is 1.75. The fraction of sp³-hybridized carbons (Fsp3) is 0.818. The average Bonchev–Trinajstić information content (AvgIpc) is 2.26. The van der Waals surface area contributed by atoms with Crippen LogP contribution in [0.5, 0.6) is 0 Å². The summed E-state index contributed by atoms with van der Waals surface area (Å²) in [6.07, 6.45) is 4.21. The molecular weight excluding hydrogens is 222 g/mol. The van der Waals surface area contributed by atoms with E-state index < -0.39 is 11.4 Å². The predicted octanol–water partition coefficient (Wildman–Crippen LogP) is 0.797. The van der Waals surface area contributed by atoms with Crippen molar-refractivity contribution in [3.05, 3.63) is 0 Å². The molecule has 0 atom stereocenters. The average molecular weight is 243 g/mol. The van der Waals surface area contributed by atoms with E-state index in [1.165, 1.54) is 5.01 Å². The Labute approximate surface area is 101 Å². The summed E-state index contributed by atoms with van der Waals surface area (Å²) in [7, 11) is 3.40. The molecule has 0 radical (unpaired) electrons. The maximum absolute atomic E-state index is 11.4. The molecule has 2 amide bonds. The fourth-order valence-corrected chi connectivity index (χ4v) is 2.19. The Morgan fingerprint density at radius 1 is 1.24 bits per heavy atom. The number of nitrogens with one attached hydrogen (secondary N) is 2. The SMILES string of the molecule is CN(C)NC(=O)NCC1(C(=O)O)CCCCC1. The van der Waals surface area contributed by atoms with Crippen LogP contribution in [-0.4, -0.2) is 42.8 Å². The van der Waals surface area contributed by atoms with Gasteiger partial charge in [0.2, 0.25) is 0 Å². The van der Waals surface area contributed by atoms with Crippen LogP contribution in [0.4, 0.5) is 4.79 Å². The van der Waals surface area contributed by atoms with E-state index in [0.29, 0.717) is 12.8 Å². The number of carboxylic acid groups (broad SMARTS) is 1. The number of hydrazine groups is 1. The second-order valence-electron chi connectivity index (χ2n) is 4.84. The highest BCUT2D eigenvalue weighted by Gasteiger charge is 2.39. The first-order valence-corrected chi connectivity index (χ1v) is 5.91. The van der Waals surface area contributed by atoms with Gasteiger partial charge in [-0.25, -0.2) is 9.80 Å². The number of hydrogen-bond acceptors (Lipinski definition) is 3. The fourth-order valence-electron chi connectivity index (χ4n) is 2.19. The van der Waals surface area contributed by atoms with Gasteiger partial charge in [0.15, 0.2) is 0 Å². The minimum absolute atomic E-state index is 0.196. The van der Waals surface area contributed by atoms with Gasteiger partial charge in [0.25, 0.3) is 0 Å². The molecule has 0 bridgehead atoms. The van der Waals surface area contributed by atoms with Gasteiger partial charge >= 0.3 is 12.0 Å². The highest BCUT2D eigenvalue weighted by molar-refractivity contribution is 5.78. The second kappa shape index (κ2) is 5.86. The number of nitrogens with zero attached hydrogens (tertiary/aromatic N) is 1. The molecule has 0 aromatic heterocycles. The Kier molecular flexibility index (Phi) is 4.74. The quantitative estimate of drug-likeness (QED) is 0.638. The van der Waals surface area contributed by atoms with E-state index in [-0.39, 0.29) is 12.6 Å². The van der Waals surface area contributed by atoms with Gasteiger partial charge in [-0.05, 0) is 12.8 Å².